The lowest BCUT2D eigenvalue weighted by Gasteiger charge is -2.23. The van der Waals surface area contributed by atoms with Gasteiger partial charge in [-0.25, -0.2) is 0 Å². The van der Waals surface area contributed by atoms with Crippen LogP contribution in [0, 0.1) is 5.41 Å². The minimum Gasteiger partial charge on any atom is -0.377 e. The molecule has 1 atom stereocenters. The van der Waals surface area contributed by atoms with Crippen LogP contribution in [-0.2, 0) is 0 Å². The fourth-order valence-corrected chi connectivity index (χ4v) is 2.38. The molecule has 0 bridgehead atoms. The summed E-state index contributed by atoms with van der Waals surface area (Å²) in [6.07, 6.45) is 10.6. The normalized spacial score (nSPS) is 28.9. The van der Waals surface area contributed by atoms with Gasteiger partial charge in [0.1, 0.15) is 0 Å². The maximum absolute atomic E-state index is 4.64. The van der Waals surface area contributed by atoms with Crippen molar-refractivity contribution in [2.45, 2.75) is 65.8 Å². The van der Waals surface area contributed by atoms with Gasteiger partial charge in [-0.15, -0.1) is 0 Å². The summed E-state index contributed by atoms with van der Waals surface area (Å²) in [6.45, 7) is 10.1. The number of hydrogen-bond acceptors (Lipinski definition) is 1. The van der Waals surface area contributed by atoms with E-state index in [0.717, 1.165) is 6.54 Å². The molecule has 0 aromatic heterocycles. The second-order valence-corrected chi connectivity index (χ2v) is 5.89. The van der Waals surface area contributed by atoms with Crippen molar-refractivity contribution in [3.05, 3.63) is 11.6 Å². The molecule has 1 unspecified atom stereocenters. The zero-order valence-electron chi connectivity index (χ0n) is 11.9. The smallest absolute Gasteiger partial charge is 0.0831 e. The highest BCUT2D eigenvalue weighted by molar-refractivity contribution is 5.54. The van der Waals surface area contributed by atoms with Gasteiger partial charge >= 0.3 is 0 Å². The van der Waals surface area contributed by atoms with E-state index in [1.807, 2.05) is 6.34 Å². The van der Waals surface area contributed by atoms with Crippen LogP contribution in [0.3, 0.4) is 0 Å². The number of nitrogens with one attached hydrogen (secondary N) is 1. The summed E-state index contributed by atoms with van der Waals surface area (Å²) in [4.78, 5) is 4.64. The Morgan fingerprint density at radius 2 is 2.24 bits per heavy atom. The van der Waals surface area contributed by atoms with Crippen LogP contribution in [0.25, 0.3) is 0 Å². The van der Waals surface area contributed by atoms with Crippen molar-refractivity contribution in [1.29, 1.82) is 0 Å². The lowest BCUT2D eigenvalue weighted by atomic mass is 9.83. The summed E-state index contributed by atoms with van der Waals surface area (Å²) in [7, 11) is 0. The third-order valence-electron chi connectivity index (χ3n) is 3.69. The van der Waals surface area contributed by atoms with Crippen molar-refractivity contribution in [2.24, 2.45) is 10.4 Å². The first-order valence-electron chi connectivity index (χ1n) is 6.97. The highest BCUT2D eigenvalue weighted by Gasteiger charge is 2.20. The van der Waals surface area contributed by atoms with Crippen molar-refractivity contribution in [2.75, 3.05) is 6.54 Å². The van der Waals surface area contributed by atoms with Gasteiger partial charge in [0.15, 0.2) is 0 Å². The minimum atomic E-state index is 0.392. The topological polar surface area (TPSA) is 24.4 Å². The zero-order chi connectivity index (χ0) is 12.7. The molecule has 0 spiro atoms. The van der Waals surface area contributed by atoms with Gasteiger partial charge in [0.2, 0.25) is 0 Å². The summed E-state index contributed by atoms with van der Waals surface area (Å²) in [5, 5.41) is 3.17. The third kappa shape index (κ3) is 5.38. The van der Waals surface area contributed by atoms with Crippen LogP contribution in [0.4, 0.5) is 0 Å². The molecule has 2 nitrogen and oxygen atoms in total. The fraction of sp³-hybridized carbons (Fsp3) is 0.800. The molecule has 0 aromatic rings. The maximum Gasteiger partial charge on any atom is 0.0831 e. The van der Waals surface area contributed by atoms with Crippen LogP contribution in [0.1, 0.15) is 59.8 Å². The largest absolute Gasteiger partial charge is 0.377 e. The second-order valence-electron chi connectivity index (χ2n) is 5.89. The first-order valence-corrected chi connectivity index (χ1v) is 6.97. The molecule has 98 valence electrons. The molecule has 0 aromatic carbocycles. The van der Waals surface area contributed by atoms with Crippen molar-refractivity contribution < 1.29 is 0 Å². The van der Waals surface area contributed by atoms with Crippen LogP contribution < -0.4 is 5.32 Å². The highest BCUT2D eigenvalue weighted by Crippen LogP contribution is 2.32. The number of rotatable bonds is 3. The molecule has 0 heterocycles. The molecule has 0 fully saturated rings. The summed E-state index contributed by atoms with van der Waals surface area (Å²) in [5.41, 5.74) is 1.94. The second kappa shape index (κ2) is 6.83. The van der Waals surface area contributed by atoms with Crippen LogP contribution in [0.2, 0.25) is 0 Å². The van der Waals surface area contributed by atoms with E-state index in [1.165, 1.54) is 37.7 Å². The van der Waals surface area contributed by atoms with E-state index >= 15 is 0 Å². The summed E-state index contributed by atoms with van der Waals surface area (Å²) in [6, 6.07) is 0.392. The fourth-order valence-electron chi connectivity index (χ4n) is 2.38. The molecular formula is C15H28N2. The Hall–Kier alpha value is -0.790. The van der Waals surface area contributed by atoms with Gasteiger partial charge < -0.3 is 5.32 Å². The summed E-state index contributed by atoms with van der Waals surface area (Å²) >= 11 is 0. The zero-order valence-corrected chi connectivity index (χ0v) is 11.9. The maximum atomic E-state index is 4.64. The van der Waals surface area contributed by atoms with Crippen molar-refractivity contribution in [3.8, 4) is 0 Å². The van der Waals surface area contributed by atoms with E-state index in [9.17, 15) is 0 Å². The quantitative estimate of drug-likeness (QED) is 0.448. The third-order valence-corrected chi connectivity index (χ3v) is 3.69. The van der Waals surface area contributed by atoms with Crippen molar-refractivity contribution >= 4 is 6.34 Å². The SMILES string of the molecule is CCN/C=N\C1CCCC(C)(C)CC/C=C\1C. The number of hydrogen-bond donors (Lipinski definition) is 1. The number of allylic oxidation sites excluding steroid dienone is 1. The average molecular weight is 236 g/mol. The summed E-state index contributed by atoms with van der Waals surface area (Å²) < 4.78 is 0. The molecule has 0 aliphatic heterocycles. The van der Waals surface area contributed by atoms with E-state index in [1.54, 1.807) is 0 Å². The molecular weight excluding hydrogens is 208 g/mol. The molecule has 0 saturated heterocycles. The molecule has 0 amide bonds. The number of aliphatic imine (C=N–C) groups is 1. The highest BCUT2D eigenvalue weighted by atomic mass is 14.9. The first kappa shape index (κ1) is 14.3. The van der Waals surface area contributed by atoms with Gasteiger partial charge in [-0.3, -0.25) is 4.99 Å². The van der Waals surface area contributed by atoms with Crippen LogP contribution in [-0.4, -0.2) is 18.9 Å². The van der Waals surface area contributed by atoms with Gasteiger partial charge in [-0.2, -0.15) is 0 Å². The van der Waals surface area contributed by atoms with Gasteiger partial charge in [0, 0.05) is 6.54 Å². The van der Waals surface area contributed by atoms with Crippen LogP contribution in [0.5, 0.6) is 0 Å². The number of nitrogens with zero attached hydrogens (tertiary/aromatic N) is 1. The molecule has 1 aliphatic carbocycles. The molecule has 1 aliphatic rings. The van der Waals surface area contributed by atoms with Crippen LogP contribution in [0.15, 0.2) is 16.6 Å². The van der Waals surface area contributed by atoms with Gasteiger partial charge in [-0.05, 0) is 44.9 Å². The first-order chi connectivity index (χ1) is 8.05. The molecule has 1 rings (SSSR count). The predicted octanol–water partition coefficient (Wildman–Crippen LogP) is 3.93. The Kier molecular flexibility index (Phi) is 5.73. The van der Waals surface area contributed by atoms with E-state index < -0.39 is 0 Å². The van der Waals surface area contributed by atoms with E-state index in [0.29, 0.717) is 11.5 Å². The Labute approximate surface area is 107 Å². The summed E-state index contributed by atoms with van der Waals surface area (Å²) in [5.74, 6) is 0. The van der Waals surface area contributed by atoms with E-state index in [-0.39, 0.29) is 0 Å². The Balaban J connectivity index is 2.62. The Bertz CT molecular complexity index is 277. The van der Waals surface area contributed by atoms with Gasteiger partial charge in [0.05, 0.1) is 12.4 Å². The average Bonchev–Trinajstić information content (AvgIpc) is 2.31. The molecule has 1 N–H and O–H groups in total. The minimum absolute atomic E-state index is 0.392. The predicted molar refractivity (Wildman–Crippen MR) is 76.6 cm³/mol. The Morgan fingerprint density at radius 1 is 1.47 bits per heavy atom. The molecule has 0 radical (unpaired) electrons. The van der Waals surface area contributed by atoms with Gasteiger partial charge in [0.25, 0.3) is 0 Å². The van der Waals surface area contributed by atoms with Gasteiger partial charge in [-0.1, -0.05) is 31.9 Å². The lowest BCUT2D eigenvalue weighted by molar-refractivity contribution is 0.299. The monoisotopic (exact) mass is 236 g/mol. The molecule has 2 heteroatoms. The Morgan fingerprint density at radius 3 is 2.94 bits per heavy atom. The molecule has 17 heavy (non-hydrogen) atoms. The van der Waals surface area contributed by atoms with Crippen molar-refractivity contribution in [1.82, 2.24) is 5.32 Å². The molecule has 0 saturated carbocycles. The lowest BCUT2D eigenvalue weighted by Crippen LogP contribution is -2.14. The standard InChI is InChI=1S/C15H28N2/c1-5-16-12-17-14-9-7-11-15(3,4)10-6-8-13(14)2/h8,12,14H,5-7,9-11H2,1-4H3,(H,16,17)/b13-8-. The van der Waals surface area contributed by atoms with E-state index in [2.05, 4.69) is 44.1 Å². The van der Waals surface area contributed by atoms with Crippen molar-refractivity contribution in [3.63, 3.8) is 0 Å². The van der Waals surface area contributed by atoms with E-state index in [4.69, 9.17) is 0 Å². The van der Waals surface area contributed by atoms with Crippen LogP contribution >= 0.6 is 0 Å².